The highest BCUT2D eigenvalue weighted by molar-refractivity contribution is 5.25. The molecule has 0 heterocycles. The van der Waals surface area contributed by atoms with E-state index in [1.54, 1.807) is 6.92 Å². The van der Waals surface area contributed by atoms with Crippen LogP contribution in [0.25, 0.3) is 0 Å². The Balaban J connectivity index is 1.85. The molecule has 0 aliphatic carbocycles. The minimum Gasteiger partial charge on any atom is -0.421 e. The van der Waals surface area contributed by atoms with Crippen LogP contribution in [0.15, 0.2) is 91.0 Å². The third-order valence-electron chi connectivity index (χ3n) is 3.14. The second kappa shape index (κ2) is 6.88. The van der Waals surface area contributed by atoms with E-state index in [0.29, 0.717) is 17.2 Å². The molecule has 0 saturated carbocycles. The van der Waals surface area contributed by atoms with Crippen LogP contribution in [0.3, 0.4) is 0 Å². The van der Waals surface area contributed by atoms with E-state index in [1.165, 1.54) is 0 Å². The maximum atomic E-state index is 5.97. The Bertz CT molecular complexity index is 610. The summed E-state index contributed by atoms with van der Waals surface area (Å²) in [6, 6.07) is 28.4. The summed E-state index contributed by atoms with van der Waals surface area (Å²) in [6.07, 6.45) is 0. The van der Waals surface area contributed by atoms with Crippen molar-refractivity contribution in [3.05, 3.63) is 91.0 Å². The number of para-hydroxylation sites is 3. The SMILES string of the molecule is CC(Oc1ccccc1)(Oc1ccccc1)Oc1ccccc1. The molecule has 3 heteroatoms. The van der Waals surface area contributed by atoms with Crippen molar-refractivity contribution in [1.82, 2.24) is 0 Å². The Morgan fingerprint density at radius 3 is 1.00 bits per heavy atom. The first-order valence-corrected chi connectivity index (χ1v) is 7.46. The van der Waals surface area contributed by atoms with Crippen molar-refractivity contribution in [2.75, 3.05) is 0 Å². The monoisotopic (exact) mass is 306 g/mol. The van der Waals surface area contributed by atoms with Crippen LogP contribution in [-0.4, -0.2) is 5.97 Å². The number of rotatable bonds is 6. The highest BCUT2D eigenvalue weighted by Gasteiger charge is 2.32. The lowest BCUT2D eigenvalue weighted by molar-refractivity contribution is -0.238. The Kier molecular flexibility index (Phi) is 4.48. The molecule has 0 aromatic heterocycles. The van der Waals surface area contributed by atoms with E-state index in [1.807, 2.05) is 91.0 Å². The van der Waals surface area contributed by atoms with Gasteiger partial charge >= 0.3 is 5.97 Å². The predicted molar refractivity (Wildman–Crippen MR) is 89.6 cm³/mol. The van der Waals surface area contributed by atoms with Crippen LogP contribution in [0.2, 0.25) is 0 Å². The molecule has 23 heavy (non-hydrogen) atoms. The molecule has 0 N–H and O–H groups in total. The van der Waals surface area contributed by atoms with Gasteiger partial charge in [0.25, 0.3) is 0 Å². The average molecular weight is 306 g/mol. The van der Waals surface area contributed by atoms with Crippen molar-refractivity contribution < 1.29 is 14.2 Å². The van der Waals surface area contributed by atoms with Gasteiger partial charge < -0.3 is 14.2 Å². The summed E-state index contributed by atoms with van der Waals surface area (Å²) in [7, 11) is 0. The van der Waals surface area contributed by atoms with E-state index in [9.17, 15) is 0 Å². The van der Waals surface area contributed by atoms with Gasteiger partial charge in [-0.3, -0.25) is 0 Å². The lowest BCUT2D eigenvalue weighted by Crippen LogP contribution is -2.45. The lowest BCUT2D eigenvalue weighted by atomic mass is 10.3. The highest BCUT2D eigenvalue weighted by Crippen LogP contribution is 2.26. The van der Waals surface area contributed by atoms with Crippen molar-refractivity contribution in [3.8, 4) is 17.2 Å². The van der Waals surface area contributed by atoms with Gasteiger partial charge in [-0.1, -0.05) is 54.6 Å². The zero-order valence-electron chi connectivity index (χ0n) is 12.9. The van der Waals surface area contributed by atoms with E-state index in [2.05, 4.69) is 0 Å². The Hall–Kier alpha value is -2.94. The van der Waals surface area contributed by atoms with Crippen LogP contribution in [0.5, 0.6) is 17.2 Å². The molecule has 0 radical (unpaired) electrons. The predicted octanol–water partition coefficient (Wildman–Crippen LogP) is 4.90. The zero-order valence-corrected chi connectivity index (χ0v) is 12.9. The van der Waals surface area contributed by atoms with Crippen LogP contribution in [-0.2, 0) is 0 Å². The van der Waals surface area contributed by atoms with Crippen LogP contribution >= 0.6 is 0 Å². The molecule has 0 fully saturated rings. The van der Waals surface area contributed by atoms with Crippen molar-refractivity contribution in [2.45, 2.75) is 12.9 Å². The second-order valence-corrected chi connectivity index (χ2v) is 5.11. The summed E-state index contributed by atoms with van der Waals surface area (Å²) >= 11 is 0. The topological polar surface area (TPSA) is 27.7 Å². The van der Waals surface area contributed by atoms with Crippen LogP contribution in [0, 0.1) is 0 Å². The van der Waals surface area contributed by atoms with Crippen molar-refractivity contribution in [1.29, 1.82) is 0 Å². The first-order valence-electron chi connectivity index (χ1n) is 7.46. The molecule has 0 amide bonds. The largest absolute Gasteiger partial charge is 0.421 e. The van der Waals surface area contributed by atoms with Gasteiger partial charge in [0.2, 0.25) is 0 Å². The summed E-state index contributed by atoms with van der Waals surface area (Å²) in [6.45, 7) is 1.75. The molecule has 0 spiro atoms. The van der Waals surface area contributed by atoms with Crippen LogP contribution in [0.1, 0.15) is 6.92 Å². The van der Waals surface area contributed by atoms with E-state index < -0.39 is 5.97 Å². The molecule has 0 atom stereocenters. The first-order chi connectivity index (χ1) is 11.2. The molecule has 0 unspecified atom stereocenters. The van der Waals surface area contributed by atoms with Crippen molar-refractivity contribution in [2.24, 2.45) is 0 Å². The fraction of sp³-hybridized carbons (Fsp3) is 0.100. The van der Waals surface area contributed by atoms with E-state index in [0.717, 1.165) is 0 Å². The van der Waals surface area contributed by atoms with Gasteiger partial charge in [-0.15, -0.1) is 0 Å². The zero-order chi connectivity index (χ0) is 16.0. The number of hydrogen-bond donors (Lipinski definition) is 0. The van der Waals surface area contributed by atoms with Crippen molar-refractivity contribution >= 4 is 0 Å². The number of ether oxygens (including phenoxy) is 3. The normalized spacial score (nSPS) is 10.8. The summed E-state index contributed by atoms with van der Waals surface area (Å²) in [5.74, 6) is 0.718. The molecular weight excluding hydrogens is 288 g/mol. The molecular formula is C20H18O3. The third-order valence-corrected chi connectivity index (χ3v) is 3.14. The summed E-state index contributed by atoms with van der Waals surface area (Å²) in [4.78, 5) is 0. The number of benzene rings is 3. The molecule has 3 aromatic rings. The number of hydrogen-bond acceptors (Lipinski definition) is 3. The summed E-state index contributed by atoms with van der Waals surface area (Å²) in [5.41, 5.74) is 0. The smallest absolute Gasteiger partial charge is 0.414 e. The second-order valence-electron chi connectivity index (χ2n) is 5.11. The van der Waals surface area contributed by atoms with E-state index >= 15 is 0 Å². The minimum atomic E-state index is -1.29. The van der Waals surface area contributed by atoms with Crippen LogP contribution < -0.4 is 14.2 Å². The standard InChI is InChI=1S/C20H18O3/c1-20(21-17-11-5-2-6-12-17,22-18-13-7-3-8-14-18)23-19-15-9-4-10-16-19/h2-16H,1H3. The van der Waals surface area contributed by atoms with Gasteiger partial charge in [0, 0.05) is 0 Å². The Morgan fingerprint density at radius 2 is 0.739 bits per heavy atom. The molecule has 3 nitrogen and oxygen atoms in total. The summed E-state index contributed by atoms with van der Waals surface area (Å²) < 4.78 is 17.9. The van der Waals surface area contributed by atoms with Gasteiger partial charge in [-0.2, -0.15) is 0 Å². The van der Waals surface area contributed by atoms with Gasteiger partial charge in [0.1, 0.15) is 17.2 Å². The molecule has 3 aromatic carbocycles. The summed E-state index contributed by atoms with van der Waals surface area (Å²) in [5, 5.41) is 0. The fourth-order valence-electron chi connectivity index (χ4n) is 2.17. The Labute approximate surface area is 136 Å². The van der Waals surface area contributed by atoms with Crippen molar-refractivity contribution in [3.63, 3.8) is 0 Å². The van der Waals surface area contributed by atoms with Crippen LogP contribution in [0.4, 0.5) is 0 Å². The van der Waals surface area contributed by atoms with E-state index in [-0.39, 0.29) is 0 Å². The third kappa shape index (κ3) is 4.27. The average Bonchev–Trinajstić information content (AvgIpc) is 2.57. The molecule has 0 saturated heterocycles. The van der Waals surface area contributed by atoms with Gasteiger partial charge in [-0.25, -0.2) is 0 Å². The van der Waals surface area contributed by atoms with Gasteiger partial charge in [0.05, 0.1) is 6.92 Å². The first kappa shape index (κ1) is 15.0. The fourth-order valence-corrected chi connectivity index (χ4v) is 2.17. The molecule has 0 aliphatic heterocycles. The molecule has 3 rings (SSSR count). The molecule has 116 valence electrons. The maximum absolute atomic E-state index is 5.97. The quantitative estimate of drug-likeness (QED) is 0.606. The van der Waals surface area contributed by atoms with Gasteiger partial charge in [-0.05, 0) is 36.4 Å². The van der Waals surface area contributed by atoms with E-state index in [4.69, 9.17) is 14.2 Å². The highest BCUT2D eigenvalue weighted by atomic mass is 16.9. The lowest BCUT2D eigenvalue weighted by Gasteiger charge is -2.30. The maximum Gasteiger partial charge on any atom is 0.414 e. The molecule has 0 aliphatic rings. The van der Waals surface area contributed by atoms with Gasteiger partial charge in [0.15, 0.2) is 0 Å². The minimum absolute atomic E-state index is 0.668. The molecule has 0 bridgehead atoms. The Morgan fingerprint density at radius 1 is 0.478 bits per heavy atom.